The minimum atomic E-state index is -0.722. The van der Waals surface area contributed by atoms with Gasteiger partial charge in [0.05, 0.1) is 0 Å². The molecule has 1 aromatic heterocycles. The highest BCUT2D eigenvalue weighted by Crippen LogP contribution is 2.14. The molecular weight excluding hydrogens is 258 g/mol. The Balaban J connectivity index is 2.39. The van der Waals surface area contributed by atoms with Crippen LogP contribution in [0.1, 0.15) is 25.7 Å². The molecule has 5 nitrogen and oxygen atoms in total. The molecule has 0 atom stereocenters. The Kier molecular flexibility index (Phi) is 6.43. The fraction of sp³-hybridized carbons (Fsp3) is 0.700. The van der Waals surface area contributed by atoms with Crippen molar-refractivity contribution in [2.45, 2.75) is 30.8 Å². The number of nitrogens with zero attached hydrogens (tertiary/aromatic N) is 2. The lowest BCUT2D eigenvalue weighted by Gasteiger charge is -2.05. The number of aromatic amines is 1. The van der Waals surface area contributed by atoms with Crippen LogP contribution in [0.15, 0.2) is 14.7 Å². The third kappa shape index (κ3) is 4.99. The molecule has 96 valence electrons. The van der Waals surface area contributed by atoms with Crippen molar-refractivity contribution in [3.05, 3.63) is 20.7 Å². The first-order valence-electron chi connectivity index (χ1n) is 5.56. The van der Waals surface area contributed by atoms with Crippen LogP contribution in [0.4, 0.5) is 0 Å². The van der Waals surface area contributed by atoms with Crippen LogP contribution in [-0.4, -0.2) is 26.3 Å². The van der Waals surface area contributed by atoms with Crippen molar-refractivity contribution in [2.24, 2.45) is 7.05 Å². The minimum Gasteiger partial charge on any atom is -0.265 e. The summed E-state index contributed by atoms with van der Waals surface area (Å²) in [6.45, 7) is 0. The number of hydrogen-bond donors (Lipinski definition) is 2. The Hall–Kier alpha value is -0.690. The summed E-state index contributed by atoms with van der Waals surface area (Å²) in [4.78, 5) is 25.8. The van der Waals surface area contributed by atoms with E-state index in [2.05, 4.69) is 22.7 Å². The van der Waals surface area contributed by atoms with Crippen LogP contribution in [0.2, 0.25) is 0 Å². The Morgan fingerprint density at radius 2 is 2.00 bits per heavy atom. The summed E-state index contributed by atoms with van der Waals surface area (Å²) >= 11 is 5.64. The average Bonchev–Trinajstić information content (AvgIpc) is 2.30. The highest BCUT2D eigenvalue weighted by molar-refractivity contribution is 7.99. The van der Waals surface area contributed by atoms with Gasteiger partial charge in [-0.3, -0.25) is 19.4 Å². The molecule has 0 amide bonds. The first-order chi connectivity index (χ1) is 8.15. The highest BCUT2D eigenvalue weighted by atomic mass is 32.2. The molecule has 0 unspecified atom stereocenters. The molecular formula is C10H17N3O2S2. The molecule has 0 aliphatic carbocycles. The van der Waals surface area contributed by atoms with E-state index in [9.17, 15) is 9.59 Å². The smallest absolute Gasteiger partial charge is 0.265 e. The molecule has 1 aromatic rings. The van der Waals surface area contributed by atoms with Crippen molar-refractivity contribution in [3.8, 4) is 0 Å². The third-order valence-corrected chi connectivity index (χ3v) is 3.66. The monoisotopic (exact) mass is 275 g/mol. The normalized spacial score (nSPS) is 10.7. The van der Waals surface area contributed by atoms with E-state index in [0.29, 0.717) is 5.16 Å². The van der Waals surface area contributed by atoms with E-state index in [-0.39, 0.29) is 0 Å². The quantitative estimate of drug-likeness (QED) is 0.338. The molecule has 0 aliphatic heterocycles. The fourth-order valence-corrected chi connectivity index (χ4v) is 2.46. The lowest BCUT2D eigenvalue weighted by molar-refractivity contribution is 0.595. The van der Waals surface area contributed by atoms with Crippen LogP contribution >= 0.6 is 24.4 Å². The van der Waals surface area contributed by atoms with Crippen LogP contribution in [0, 0.1) is 0 Å². The van der Waals surface area contributed by atoms with Crippen LogP contribution < -0.4 is 11.1 Å². The molecule has 0 fully saturated rings. The second-order valence-corrected chi connectivity index (χ2v) is 5.20. The Labute approximate surface area is 109 Å². The molecule has 0 saturated heterocycles. The number of H-pyrrole nitrogens is 1. The number of aryl methyl sites for hydroxylation is 1. The summed E-state index contributed by atoms with van der Waals surface area (Å²) in [6.07, 6.45) is 4.56. The Bertz CT molecular complexity index is 456. The van der Waals surface area contributed by atoms with Gasteiger partial charge in [0.2, 0.25) is 0 Å². The summed E-state index contributed by atoms with van der Waals surface area (Å²) in [6, 6.07) is 0. The lowest BCUT2D eigenvalue weighted by atomic mass is 10.2. The lowest BCUT2D eigenvalue weighted by Crippen LogP contribution is -2.33. The molecule has 17 heavy (non-hydrogen) atoms. The largest absolute Gasteiger partial charge is 0.339 e. The van der Waals surface area contributed by atoms with Gasteiger partial charge in [0.15, 0.2) is 5.16 Å². The topological polar surface area (TPSA) is 67.8 Å². The molecule has 1 N–H and O–H groups in total. The maximum Gasteiger partial charge on any atom is 0.339 e. The standard InChI is InChI=1S/C10H17N3O2S2/c1-13-10(11-8(14)9(15)12-13)17-7-5-3-2-4-6-16/h16H,2-7H2,1H3,(H,12,15). The predicted octanol–water partition coefficient (Wildman–Crippen LogP) is 1.05. The zero-order chi connectivity index (χ0) is 12.7. The number of nitrogens with one attached hydrogen (secondary N) is 1. The maximum absolute atomic E-state index is 11.1. The van der Waals surface area contributed by atoms with Crippen molar-refractivity contribution < 1.29 is 0 Å². The third-order valence-electron chi connectivity index (χ3n) is 2.23. The Morgan fingerprint density at radius 3 is 2.71 bits per heavy atom. The average molecular weight is 275 g/mol. The summed E-state index contributed by atoms with van der Waals surface area (Å²) in [5.74, 6) is 1.84. The first-order valence-corrected chi connectivity index (χ1v) is 7.18. The van der Waals surface area contributed by atoms with Crippen LogP contribution in [0.3, 0.4) is 0 Å². The number of unbranched alkanes of at least 4 members (excludes halogenated alkanes) is 3. The minimum absolute atomic E-state index is 0.559. The van der Waals surface area contributed by atoms with Crippen molar-refractivity contribution in [1.29, 1.82) is 0 Å². The first kappa shape index (κ1) is 14.4. The van der Waals surface area contributed by atoms with E-state index >= 15 is 0 Å². The van der Waals surface area contributed by atoms with E-state index in [1.165, 1.54) is 22.9 Å². The highest BCUT2D eigenvalue weighted by Gasteiger charge is 2.03. The second-order valence-electron chi connectivity index (χ2n) is 3.69. The summed E-state index contributed by atoms with van der Waals surface area (Å²) in [7, 11) is 1.68. The SMILES string of the molecule is Cn1[nH]c(=O)c(=O)nc1SCCCCCCS. The molecule has 0 radical (unpaired) electrons. The van der Waals surface area contributed by atoms with Gasteiger partial charge in [0.1, 0.15) is 0 Å². The summed E-state index contributed by atoms with van der Waals surface area (Å²) in [5, 5.41) is 2.98. The van der Waals surface area contributed by atoms with E-state index in [1.807, 2.05) is 0 Å². The van der Waals surface area contributed by atoms with Gasteiger partial charge in [-0.2, -0.15) is 17.6 Å². The molecule has 1 heterocycles. The van der Waals surface area contributed by atoms with Gasteiger partial charge in [-0.25, -0.2) is 0 Å². The molecule has 0 aliphatic rings. The second kappa shape index (κ2) is 7.60. The van der Waals surface area contributed by atoms with E-state index in [0.717, 1.165) is 30.8 Å². The van der Waals surface area contributed by atoms with Crippen molar-refractivity contribution in [1.82, 2.24) is 14.8 Å². The van der Waals surface area contributed by atoms with Gasteiger partial charge in [-0.05, 0) is 18.6 Å². The zero-order valence-electron chi connectivity index (χ0n) is 9.81. The van der Waals surface area contributed by atoms with Gasteiger partial charge in [0.25, 0.3) is 0 Å². The van der Waals surface area contributed by atoms with Crippen molar-refractivity contribution in [3.63, 3.8) is 0 Å². The summed E-state index contributed by atoms with van der Waals surface area (Å²) < 4.78 is 1.49. The van der Waals surface area contributed by atoms with Gasteiger partial charge in [-0.1, -0.05) is 24.6 Å². The van der Waals surface area contributed by atoms with E-state index < -0.39 is 11.1 Å². The molecule has 0 bridgehead atoms. The molecule has 1 rings (SSSR count). The van der Waals surface area contributed by atoms with Gasteiger partial charge >= 0.3 is 11.1 Å². The van der Waals surface area contributed by atoms with Gasteiger partial charge < -0.3 is 0 Å². The van der Waals surface area contributed by atoms with Crippen LogP contribution in [-0.2, 0) is 7.05 Å². The number of rotatable bonds is 7. The molecule has 0 saturated carbocycles. The molecule has 0 aromatic carbocycles. The summed E-state index contributed by atoms with van der Waals surface area (Å²) in [5.41, 5.74) is -1.40. The maximum atomic E-state index is 11.1. The zero-order valence-corrected chi connectivity index (χ0v) is 11.5. The molecule has 0 spiro atoms. The van der Waals surface area contributed by atoms with Crippen molar-refractivity contribution >= 4 is 24.4 Å². The van der Waals surface area contributed by atoms with Gasteiger partial charge in [-0.15, -0.1) is 0 Å². The Morgan fingerprint density at radius 1 is 1.29 bits per heavy atom. The van der Waals surface area contributed by atoms with Crippen LogP contribution in [0.25, 0.3) is 0 Å². The fourth-order valence-electron chi connectivity index (χ4n) is 1.32. The number of aromatic nitrogens is 3. The number of hydrogen-bond acceptors (Lipinski definition) is 5. The van der Waals surface area contributed by atoms with Crippen molar-refractivity contribution in [2.75, 3.05) is 11.5 Å². The van der Waals surface area contributed by atoms with Crippen LogP contribution in [0.5, 0.6) is 0 Å². The predicted molar refractivity (Wildman–Crippen MR) is 73.1 cm³/mol. The van der Waals surface area contributed by atoms with E-state index in [1.54, 1.807) is 7.05 Å². The number of thioether (sulfide) groups is 1. The van der Waals surface area contributed by atoms with Gasteiger partial charge in [0, 0.05) is 12.8 Å². The number of thiol groups is 1. The van der Waals surface area contributed by atoms with E-state index in [4.69, 9.17) is 0 Å². The molecule has 7 heteroatoms.